The number of aromatic nitrogens is 2. The minimum absolute atomic E-state index is 0.124. The molecular weight excluding hydrogens is 578 g/mol. The Morgan fingerprint density at radius 2 is 1.74 bits per heavy atom. The Bertz CT molecular complexity index is 1590. The predicted molar refractivity (Wildman–Crippen MR) is 150 cm³/mol. The van der Waals surface area contributed by atoms with Crippen molar-refractivity contribution in [2.75, 3.05) is 15.8 Å². The zero-order chi connectivity index (χ0) is 27.4. The third-order valence-corrected chi connectivity index (χ3v) is 7.66. The van der Waals surface area contributed by atoms with Gasteiger partial charge in [-0.2, -0.15) is 17.7 Å². The average molecular weight is 597 g/mol. The van der Waals surface area contributed by atoms with Crippen molar-refractivity contribution in [2.45, 2.75) is 18.0 Å². The fraction of sp³-hybridized carbons (Fsp3) is 0.115. The molecule has 5 nitrogen and oxygen atoms in total. The topological polar surface area (TPSA) is 50.3 Å². The second-order valence-electron chi connectivity index (χ2n) is 8.35. The lowest BCUT2D eigenvalue weighted by atomic mass is 10.0. The Hall–Kier alpha value is -2.98. The van der Waals surface area contributed by atoms with E-state index in [1.165, 1.54) is 28.8 Å². The van der Waals surface area contributed by atoms with Crippen LogP contribution >= 0.6 is 46.7 Å². The van der Waals surface area contributed by atoms with Crippen molar-refractivity contribution in [3.63, 3.8) is 0 Å². The van der Waals surface area contributed by atoms with Crippen LogP contribution in [0.2, 0.25) is 10.0 Å². The fourth-order valence-electron chi connectivity index (χ4n) is 4.42. The van der Waals surface area contributed by atoms with Crippen molar-refractivity contribution < 1.29 is 13.2 Å². The molecule has 3 aromatic carbocycles. The number of benzene rings is 3. The number of alkyl halides is 3. The van der Waals surface area contributed by atoms with E-state index in [0.29, 0.717) is 22.0 Å². The normalized spacial score (nSPS) is 13.5. The number of fused-ring (bicyclic) bond motifs is 3. The van der Waals surface area contributed by atoms with Gasteiger partial charge in [-0.3, -0.25) is 4.57 Å². The van der Waals surface area contributed by atoms with Crippen LogP contribution in [-0.4, -0.2) is 15.8 Å². The number of imidazole rings is 1. The van der Waals surface area contributed by atoms with Crippen molar-refractivity contribution in [3.8, 4) is 16.8 Å². The lowest BCUT2D eigenvalue weighted by Gasteiger charge is -2.40. The molecule has 0 unspecified atom stereocenters. The van der Waals surface area contributed by atoms with Crippen LogP contribution in [0.4, 0.5) is 24.7 Å². The van der Waals surface area contributed by atoms with Gasteiger partial charge in [-0.15, -0.1) is 11.8 Å². The molecule has 0 aliphatic carbocycles. The molecule has 0 amide bonds. The van der Waals surface area contributed by atoms with Gasteiger partial charge >= 0.3 is 6.18 Å². The number of nitrogens with two attached hydrogens (primary N) is 1. The Balaban J connectivity index is 1.80. The zero-order valence-electron chi connectivity index (χ0n) is 19.9. The van der Waals surface area contributed by atoms with Crippen molar-refractivity contribution >= 4 is 63.9 Å². The molecule has 4 aromatic rings. The average Bonchev–Trinajstić information content (AvgIpc) is 3.25. The van der Waals surface area contributed by atoms with Gasteiger partial charge in [0.2, 0.25) is 0 Å². The van der Waals surface area contributed by atoms with Gasteiger partial charge in [0.15, 0.2) is 11.5 Å². The van der Waals surface area contributed by atoms with Crippen molar-refractivity contribution in [3.05, 3.63) is 94.0 Å². The van der Waals surface area contributed by atoms with Gasteiger partial charge in [0.25, 0.3) is 0 Å². The Morgan fingerprint density at radius 3 is 2.39 bits per heavy atom. The van der Waals surface area contributed by atoms with E-state index in [0.717, 1.165) is 20.6 Å². The van der Waals surface area contributed by atoms with Gasteiger partial charge < -0.3 is 5.73 Å². The summed E-state index contributed by atoms with van der Waals surface area (Å²) in [7, 11) is 0. The molecule has 2 N–H and O–H groups in total. The summed E-state index contributed by atoms with van der Waals surface area (Å²) in [5.41, 5.74) is 8.26. The highest BCUT2D eigenvalue weighted by molar-refractivity contribution is 7.98. The van der Waals surface area contributed by atoms with Gasteiger partial charge in [-0.05, 0) is 66.8 Å². The molecule has 0 fully saturated rings. The lowest BCUT2D eigenvalue weighted by molar-refractivity contribution is -0.140. The number of hydrazine groups is 1. The largest absolute Gasteiger partial charge is 0.437 e. The molecular formula is C26H19Cl3F3N5S. The van der Waals surface area contributed by atoms with E-state index in [4.69, 9.17) is 40.7 Å². The SMILES string of the molecule is CSc1cccc(-c2ccc3c(c2)N(/C(=C\N)c2ccc(Cl)cc2Cl)N(Cl)c2c(C(F)(F)F)nc(C)n2-3)c1. The summed E-state index contributed by atoms with van der Waals surface area (Å²) in [5.74, 6) is -0.246. The van der Waals surface area contributed by atoms with Gasteiger partial charge in [0, 0.05) is 33.5 Å². The molecule has 0 bridgehead atoms. The molecule has 0 saturated heterocycles. The highest BCUT2D eigenvalue weighted by Gasteiger charge is 2.45. The van der Waals surface area contributed by atoms with E-state index in [9.17, 15) is 13.2 Å². The summed E-state index contributed by atoms with van der Waals surface area (Å²) in [6.07, 6.45) is -1.54. The second-order valence-corrected chi connectivity index (χ2v) is 10.4. The molecule has 5 rings (SSSR count). The number of thioether (sulfide) groups is 1. The molecule has 12 heteroatoms. The van der Waals surface area contributed by atoms with Crippen LogP contribution < -0.4 is 15.3 Å². The number of halogens is 6. The van der Waals surface area contributed by atoms with Crippen LogP contribution in [0.1, 0.15) is 17.1 Å². The molecule has 1 aliphatic heterocycles. The first-order valence-corrected chi connectivity index (χ1v) is 13.5. The van der Waals surface area contributed by atoms with E-state index < -0.39 is 11.9 Å². The summed E-state index contributed by atoms with van der Waals surface area (Å²) in [4.78, 5) is 4.89. The first-order chi connectivity index (χ1) is 18.0. The van der Waals surface area contributed by atoms with Crippen LogP contribution in [-0.2, 0) is 6.18 Å². The quantitative estimate of drug-likeness (QED) is 0.189. The maximum absolute atomic E-state index is 14.1. The van der Waals surface area contributed by atoms with Gasteiger partial charge in [0.05, 0.1) is 22.1 Å². The summed E-state index contributed by atoms with van der Waals surface area (Å²) in [6.45, 7) is 1.49. The summed E-state index contributed by atoms with van der Waals surface area (Å²) in [5, 5.41) is 2.02. The number of hydrogen-bond donors (Lipinski definition) is 1. The van der Waals surface area contributed by atoms with Gasteiger partial charge in [0.1, 0.15) is 5.82 Å². The van der Waals surface area contributed by atoms with E-state index in [-0.39, 0.29) is 22.4 Å². The highest BCUT2D eigenvalue weighted by Crippen LogP contribution is 2.49. The molecule has 0 saturated carbocycles. The summed E-state index contributed by atoms with van der Waals surface area (Å²) >= 11 is 20.9. The van der Waals surface area contributed by atoms with E-state index >= 15 is 0 Å². The van der Waals surface area contributed by atoms with Crippen molar-refractivity contribution in [1.82, 2.24) is 9.55 Å². The lowest BCUT2D eigenvalue weighted by Crippen LogP contribution is -2.41. The zero-order valence-corrected chi connectivity index (χ0v) is 23.0. The molecule has 2 heterocycles. The van der Waals surface area contributed by atoms with E-state index in [1.54, 1.807) is 30.0 Å². The van der Waals surface area contributed by atoms with E-state index in [1.807, 2.05) is 42.7 Å². The molecule has 0 atom stereocenters. The molecule has 0 spiro atoms. The van der Waals surface area contributed by atoms with E-state index in [2.05, 4.69) is 4.98 Å². The number of nitrogens with zero attached hydrogens (tertiary/aromatic N) is 4. The molecule has 1 aromatic heterocycles. The first kappa shape index (κ1) is 26.6. The molecule has 0 radical (unpaired) electrons. The fourth-order valence-corrected chi connectivity index (χ4v) is 5.70. The summed E-state index contributed by atoms with van der Waals surface area (Å²) in [6, 6.07) is 18.1. The van der Waals surface area contributed by atoms with Crippen LogP contribution in [0.5, 0.6) is 0 Å². The highest BCUT2D eigenvalue weighted by atomic mass is 35.5. The Kier molecular flexibility index (Phi) is 6.98. The molecule has 196 valence electrons. The van der Waals surface area contributed by atoms with Crippen molar-refractivity contribution in [2.24, 2.45) is 5.73 Å². The maximum Gasteiger partial charge on any atom is 0.437 e. The number of rotatable bonds is 4. The van der Waals surface area contributed by atoms with Gasteiger partial charge in [-0.1, -0.05) is 41.4 Å². The maximum atomic E-state index is 14.1. The smallest absolute Gasteiger partial charge is 0.403 e. The van der Waals surface area contributed by atoms with Crippen LogP contribution in [0, 0.1) is 6.92 Å². The number of hydrogen-bond acceptors (Lipinski definition) is 5. The van der Waals surface area contributed by atoms with Crippen LogP contribution in [0.25, 0.3) is 22.5 Å². The number of anilines is 2. The monoisotopic (exact) mass is 595 g/mol. The standard InChI is InChI=1S/C26H19Cl3F3N5S/c1-14-34-24(26(30,31)32)25-35(14)21-9-6-16(15-4-3-5-18(10-15)38-2)11-22(21)36(37(25)29)23(13-33)19-8-7-17(27)12-20(19)28/h3-13H,33H2,1-2H3/b23-13-. The summed E-state index contributed by atoms with van der Waals surface area (Å²) < 4.78 is 44.5. The minimum Gasteiger partial charge on any atom is -0.403 e. The third-order valence-electron chi connectivity index (χ3n) is 6.08. The predicted octanol–water partition coefficient (Wildman–Crippen LogP) is 8.55. The molecule has 1 aliphatic rings. The minimum atomic E-state index is -4.76. The molecule has 38 heavy (non-hydrogen) atoms. The van der Waals surface area contributed by atoms with Crippen LogP contribution in [0.15, 0.2) is 71.8 Å². The Morgan fingerprint density at radius 1 is 1.00 bits per heavy atom. The number of aryl methyl sites for hydroxylation is 1. The third kappa shape index (κ3) is 4.47. The Labute approximate surface area is 236 Å². The van der Waals surface area contributed by atoms with Gasteiger partial charge in [-0.25, -0.2) is 9.99 Å². The van der Waals surface area contributed by atoms with Crippen LogP contribution in [0.3, 0.4) is 0 Å². The first-order valence-electron chi connectivity index (χ1n) is 11.1. The second kappa shape index (κ2) is 9.96. The van der Waals surface area contributed by atoms with Crippen molar-refractivity contribution in [1.29, 1.82) is 0 Å².